The highest BCUT2D eigenvalue weighted by Gasteiger charge is 2.30. The molecule has 7 nitrogen and oxygen atoms in total. The quantitative estimate of drug-likeness (QED) is 0.739. The molecule has 0 spiro atoms. The van der Waals surface area contributed by atoms with Gasteiger partial charge in [-0.2, -0.15) is 0 Å². The van der Waals surface area contributed by atoms with Crippen molar-refractivity contribution in [2.24, 2.45) is 11.8 Å². The number of nitrogens with one attached hydrogen (secondary N) is 1. The Hall–Kier alpha value is -2.70. The highest BCUT2D eigenvalue weighted by Crippen LogP contribution is 2.23. The van der Waals surface area contributed by atoms with Gasteiger partial charge in [-0.15, -0.1) is 0 Å². The third-order valence-corrected chi connectivity index (χ3v) is 5.32. The van der Waals surface area contributed by atoms with E-state index in [-0.39, 0.29) is 42.4 Å². The maximum absolute atomic E-state index is 12.7. The van der Waals surface area contributed by atoms with Crippen LogP contribution in [0.3, 0.4) is 0 Å². The minimum Gasteiger partial charge on any atom is -0.481 e. The molecular formula is C20H24N2O5. The van der Waals surface area contributed by atoms with E-state index in [1.165, 1.54) is 0 Å². The van der Waals surface area contributed by atoms with Crippen molar-refractivity contribution in [2.45, 2.75) is 38.5 Å². The van der Waals surface area contributed by atoms with Gasteiger partial charge in [0.25, 0.3) is 5.91 Å². The smallest absolute Gasteiger partial charge is 0.303 e. The summed E-state index contributed by atoms with van der Waals surface area (Å²) in [6, 6.07) is 7.17. The number of carbonyl (C=O) groups is 4. The standard InChI is InChI=1S/C20H24N2O5/c23-17-11-16(19(26)21-17)10-13-3-6-15(7-4-13)20(27)22-9-1-2-14(12-22)5-8-18(24)25/h3-4,6-7,14,16H,1-2,5,8-12H2,(H,24,25)(H,21,23,26). The van der Waals surface area contributed by atoms with Crippen LogP contribution in [-0.4, -0.2) is 46.8 Å². The monoisotopic (exact) mass is 372 g/mol. The number of amides is 3. The molecule has 7 heteroatoms. The van der Waals surface area contributed by atoms with Crippen molar-refractivity contribution >= 4 is 23.7 Å². The summed E-state index contributed by atoms with van der Waals surface area (Å²) in [6.45, 7) is 1.28. The second-order valence-electron chi connectivity index (χ2n) is 7.41. The molecule has 2 heterocycles. The van der Waals surface area contributed by atoms with E-state index in [4.69, 9.17) is 5.11 Å². The van der Waals surface area contributed by atoms with Gasteiger partial charge in [0.15, 0.2) is 0 Å². The number of carbonyl (C=O) groups excluding carboxylic acids is 3. The highest BCUT2D eigenvalue weighted by atomic mass is 16.4. The molecular weight excluding hydrogens is 348 g/mol. The van der Waals surface area contributed by atoms with Crippen molar-refractivity contribution in [3.8, 4) is 0 Å². The van der Waals surface area contributed by atoms with Crippen LogP contribution in [0.1, 0.15) is 48.0 Å². The molecule has 2 fully saturated rings. The molecule has 2 saturated heterocycles. The van der Waals surface area contributed by atoms with Gasteiger partial charge >= 0.3 is 5.97 Å². The second-order valence-corrected chi connectivity index (χ2v) is 7.41. The fraction of sp³-hybridized carbons (Fsp3) is 0.500. The summed E-state index contributed by atoms with van der Waals surface area (Å²) in [7, 11) is 0. The Morgan fingerprint density at radius 3 is 2.56 bits per heavy atom. The van der Waals surface area contributed by atoms with Gasteiger partial charge in [-0.1, -0.05) is 12.1 Å². The van der Waals surface area contributed by atoms with Gasteiger partial charge in [-0.3, -0.25) is 24.5 Å². The largest absolute Gasteiger partial charge is 0.481 e. The van der Waals surface area contributed by atoms with Gasteiger partial charge in [0.1, 0.15) is 0 Å². The van der Waals surface area contributed by atoms with Crippen LogP contribution in [-0.2, 0) is 20.8 Å². The molecule has 2 unspecified atom stereocenters. The van der Waals surface area contributed by atoms with Gasteiger partial charge in [-0.25, -0.2) is 0 Å². The number of imide groups is 1. The maximum Gasteiger partial charge on any atom is 0.303 e. The molecule has 3 rings (SSSR count). The normalized spacial score (nSPS) is 22.6. The fourth-order valence-electron chi connectivity index (χ4n) is 3.84. The van der Waals surface area contributed by atoms with Gasteiger partial charge in [0.2, 0.25) is 11.8 Å². The Kier molecular flexibility index (Phi) is 5.88. The summed E-state index contributed by atoms with van der Waals surface area (Å²) in [5.74, 6) is -1.42. The van der Waals surface area contributed by atoms with E-state index in [1.54, 1.807) is 17.0 Å². The number of aliphatic carboxylic acids is 1. The molecule has 2 atom stereocenters. The van der Waals surface area contributed by atoms with Crippen molar-refractivity contribution in [3.63, 3.8) is 0 Å². The summed E-state index contributed by atoms with van der Waals surface area (Å²) < 4.78 is 0. The molecule has 1 aromatic rings. The number of hydrogen-bond donors (Lipinski definition) is 2. The van der Waals surface area contributed by atoms with E-state index in [1.807, 2.05) is 12.1 Å². The maximum atomic E-state index is 12.7. The molecule has 2 aliphatic rings. The molecule has 0 saturated carbocycles. The molecule has 3 amide bonds. The third-order valence-electron chi connectivity index (χ3n) is 5.32. The third kappa shape index (κ3) is 4.93. The van der Waals surface area contributed by atoms with Crippen molar-refractivity contribution < 1.29 is 24.3 Å². The van der Waals surface area contributed by atoms with E-state index in [9.17, 15) is 19.2 Å². The number of carboxylic acids is 1. The zero-order valence-electron chi connectivity index (χ0n) is 15.1. The SMILES string of the molecule is O=C(O)CCC1CCCN(C(=O)c2ccc(CC3CC(=O)NC3=O)cc2)C1. The Bertz CT molecular complexity index is 743. The second kappa shape index (κ2) is 8.33. The Balaban J connectivity index is 1.57. The summed E-state index contributed by atoms with van der Waals surface area (Å²) >= 11 is 0. The lowest BCUT2D eigenvalue weighted by atomic mass is 9.92. The average Bonchev–Trinajstić information content (AvgIpc) is 2.97. The van der Waals surface area contributed by atoms with Gasteiger partial charge in [-0.05, 0) is 49.3 Å². The topological polar surface area (TPSA) is 104 Å². The van der Waals surface area contributed by atoms with Crippen LogP contribution in [0, 0.1) is 11.8 Å². The first kappa shape index (κ1) is 19.1. The first-order valence-electron chi connectivity index (χ1n) is 9.36. The van der Waals surface area contributed by atoms with Crippen LogP contribution in [0.15, 0.2) is 24.3 Å². The number of benzene rings is 1. The predicted molar refractivity (Wildman–Crippen MR) is 96.9 cm³/mol. The van der Waals surface area contributed by atoms with E-state index >= 15 is 0 Å². The number of piperidine rings is 1. The minimum atomic E-state index is -0.799. The summed E-state index contributed by atoms with van der Waals surface area (Å²) in [5, 5.41) is 11.1. The number of rotatable bonds is 6. The first-order chi connectivity index (χ1) is 12.9. The average molecular weight is 372 g/mol. The van der Waals surface area contributed by atoms with Crippen LogP contribution in [0.2, 0.25) is 0 Å². The number of carboxylic acid groups (broad SMARTS) is 1. The predicted octanol–water partition coefficient (Wildman–Crippen LogP) is 1.61. The minimum absolute atomic E-state index is 0.0460. The number of likely N-dealkylation sites (tertiary alicyclic amines) is 1. The van der Waals surface area contributed by atoms with Gasteiger partial charge < -0.3 is 10.0 Å². The molecule has 0 radical (unpaired) electrons. The first-order valence-corrected chi connectivity index (χ1v) is 9.36. The fourth-order valence-corrected chi connectivity index (χ4v) is 3.84. The van der Waals surface area contributed by atoms with Crippen molar-refractivity contribution in [1.29, 1.82) is 0 Å². The lowest BCUT2D eigenvalue weighted by Gasteiger charge is -2.32. The Morgan fingerprint density at radius 2 is 1.93 bits per heavy atom. The van der Waals surface area contributed by atoms with Crippen LogP contribution in [0.25, 0.3) is 0 Å². The Morgan fingerprint density at radius 1 is 1.19 bits per heavy atom. The number of nitrogens with zero attached hydrogens (tertiary/aromatic N) is 1. The van der Waals surface area contributed by atoms with Gasteiger partial charge in [0, 0.05) is 31.5 Å². The summed E-state index contributed by atoms with van der Waals surface area (Å²) in [5.41, 5.74) is 1.50. The molecule has 27 heavy (non-hydrogen) atoms. The lowest BCUT2D eigenvalue weighted by Crippen LogP contribution is -2.40. The molecule has 2 N–H and O–H groups in total. The molecule has 0 aliphatic carbocycles. The van der Waals surface area contributed by atoms with Crippen LogP contribution in [0.5, 0.6) is 0 Å². The van der Waals surface area contributed by atoms with E-state index in [0.717, 1.165) is 18.4 Å². The zero-order valence-corrected chi connectivity index (χ0v) is 15.1. The van der Waals surface area contributed by atoms with Crippen LogP contribution < -0.4 is 5.32 Å². The van der Waals surface area contributed by atoms with Crippen molar-refractivity contribution in [1.82, 2.24) is 10.2 Å². The van der Waals surface area contributed by atoms with E-state index < -0.39 is 5.97 Å². The van der Waals surface area contributed by atoms with Crippen molar-refractivity contribution in [3.05, 3.63) is 35.4 Å². The molecule has 2 aliphatic heterocycles. The molecule has 1 aromatic carbocycles. The van der Waals surface area contributed by atoms with E-state index in [0.29, 0.717) is 31.5 Å². The molecule has 0 bridgehead atoms. The summed E-state index contributed by atoms with van der Waals surface area (Å²) in [6.07, 6.45) is 3.27. The summed E-state index contributed by atoms with van der Waals surface area (Å²) in [4.78, 5) is 48.2. The zero-order chi connectivity index (χ0) is 19.4. The van der Waals surface area contributed by atoms with Crippen molar-refractivity contribution in [2.75, 3.05) is 13.1 Å². The Labute approximate surface area is 157 Å². The number of hydrogen-bond acceptors (Lipinski definition) is 4. The van der Waals surface area contributed by atoms with Crippen LogP contribution in [0.4, 0.5) is 0 Å². The van der Waals surface area contributed by atoms with Gasteiger partial charge in [0.05, 0.1) is 5.92 Å². The lowest BCUT2D eigenvalue weighted by molar-refractivity contribution is -0.137. The van der Waals surface area contributed by atoms with Crippen LogP contribution >= 0.6 is 0 Å². The highest BCUT2D eigenvalue weighted by molar-refractivity contribution is 6.03. The van der Waals surface area contributed by atoms with E-state index in [2.05, 4.69) is 5.32 Å². The molecule has 144 valence electrons. The molecule has 0 aromatic heterocycles.